The molecule has 0 amide bonds. The maximum atomic E-state index is 11.6. The Morgan fingerprint density at radius 2 is 2.32 bits per heavy atom. The van der Waals surface area contributed by atoms with E-state index in [-0.39, 0.29) is 5.56 Å². The van der Waals surface area contributed by atoms with E-state index in [0.29, 0.717) is 6.04 Å². The van der Waals surface area contributed by atoms with Gasteiger partial charge in [-0.2, -0.15) is 5.10 Å². The van der Waals surface area contributed by atoms with Gasteiger partial charge < -0.3 is 9.47 Å². The summed E-state index contributed by atoms with van der Waals surface area (Å²) in [6.07, 6.45) is 6.34. The van der Waals surface area contributed by atoms with Gasteiger partial charge in [0.2, 0.25) is 0 Å². The van der Waals surface area contributed by atoms with Crippen LogP contribution in [0.3, 0.4) is 0 Å². The highest BCUT2D eigenvalue weighted by molar-refractivity contribution is 9.10. The monoisotopic (exact) mass is 323 g/mol. The minimum absolute atomic E-state index is 0.0321. The standard InChI is InChI=1S/C12H14BrN5O/c1-16-8-14-11(4-12(16)19)17-3-2-10(7-17)18-6-9(13)5-15-18/h4-6,8,10H,2-3,7H2,1H3. The van der Waals surface area contributed by atoms with Crippen LogP contribution in [0.25, 0.3) is 0 Å². The maximum Gasteiger partial charge on any atom is 0.255 e. The van der Waals surface area contributed by atoms with Gasteiger partial charge in [0.05, 0.1) is 23.0 Å². The molecule has 1 fully saturated rings. The Morgan fingerprint density at radius 1 is 1.47 bits per heavy atom. The van der Waals surface area contributed by atoms with Crippen LogP contribution in [0.1, 0.15) is 12.5 Å². The summed E-state index contributed by atoms with van der Waals surface area (Å²) in [7, 11) is 1.70. The molecule has 3 heterocycles. The average Bonchev–Trinajstić information content (AvgIpc) is 3.01. The Bertz CT molecular complexity index is 650. The Hall–Kier alpha value is -1.63. The highest BCUT2D eigenvalue weighted by Gasteiger charge is 2.25. The molecule has 0 aliphatic carbocycles. The molecule has 100 valence electrons. The van der Waals surface area contributed by atoms with E-state index in [1.165, 1.54) is 4.57 Å². The van der Waals surface area contributed by atoms with Crippen LogP contribution in [-0.4, -0.2) is 32.4 Å². The van der Waals surface area contributed by atoms with Gasteiger partial charge >= 0.3 is 0 Å². The summed E-state index contributed by atoms with van der Waals surface area (Å²) in [5, 5.41) is 4.31. The molecule has 1 aliphatic rings. The third-order valence-corrected chi connectivity index (χ3v) is 3.80. The third kappa shape index (κ3) is 2.42. The van der Waals surface area contributed by atoms with Crippen LogP contribution in [0.15, 0.2) is 34.1 Å². The molecule has 1 aliphatic heterocycles. The minimum atomic E-state index is -0.0321. The lowest BCUT2D eigenvalue weighted by Crippen LogP contribution is -2.25. The summed E-state index contributed by atoms with van der Waals surface area (Å²) in [6, 6.07) is 1.92. The molecular weight excluding hydrogens is 310 g/mol. The van der Waals surface area contributed by atoms with Crippen LogP contribution < -0.4 is 10.5 Å². The van der Waals surface area contributed by atoms with Crippen molar-refractivity contribution in [2.75, 3.05) is 18.0 Å². The Balaban J connectivity index is 1.78. The van der Waals surface area contributed by atoms with Gasteiger partial charge in [-0.25, -0.2) is 4.98 Å². The van der Waals surface area contributed by atoms with Crippen molar-refractivity contribution in [3.05, 3.63) is 39.6 Å². The van der Waals surface area contributed by atoms with Gasteiger partial charge in [-0.3, -0.25) is 9.48 Å². The van der Waals surface area contributed by atoms with Crippen molar-refractivity contribution in [1.29, 1.82) is 0 Å². The van der Waals surface area contributed by atoms with Crippen LogP contribution in [0.5, 0.6) is 0 Å². The first-order valence-electron chi connectivity index (χ1n) is 6.11. The molecule has 2 aromatic heterocycles. The Morgan fingerprint density at radius 3 is 3.00 bits per heavy atom. The number of anilines is 1. The molecule has 0 saturated carbocycles. The number of rotatable bonds is 2. The smallest absolute Gasteiger partial charge is 0.255 e. The molecule has 0 aromatic carbocycles. The molecule has 1 saturated heterocycles. The van der Waals surface area contributed by atoms with Crippen LogP contribution in [-0.2, 0) is 7.05 Å². The van der Waals surface area contributed by atoms with E-state index in [4.69, 9.17) is 0 Å². The molecular formula is C12H14BrN5O. The molecule has 1 unspecified atom stereocenters. The van der Waals surface area contributed by atoms with Crippen molar-refractivity contribution in [2.45, 2.75) is 12.5 Å². The lowest BCUT2D eigenvalue weighted by Gasteiger charge is -2.17. The maximum absolute atomic E-state index is 11.6. The summed E-state index contributed by atoms with van der Waals surface area (Å²) >= 11 is 3.40. The van der Waals surface area contributed by atoms with E-state index in [2.05, 4.69) is 30.9 Å². The van der Waals surface area contributed by atoms with E-state index in [1.54, 1.807) is 25.6 Å². The second-order valence-corrected chi connectivity index (χ2v) is 5.64. The summed E-state index contributed by atoms with van der Waals surface area (Å²) < 4.78 is 4.42. The predicted octanol–water partition coefficient (Wildman–Crippen LogP) is 1.19. The zero-order valence-corrected chi connectivity index (χ0v) is 12.1. The molecule has 2 aromatic rings. The molecule has 6 nitrogen and oxygen atoms in total. The van der Waals surface area contributed by atoms with Gasteiger partial charge in [0, 0.05) is 32.4 Å². The molecule has 0 N–H and O–H groups in total. The van der Waals surface area contributed by atoms with Crippen molar-refractivity contribution in [1.82, 2.24) is 19.3 Å². The van der Waals surface area contributed by atoms with E-state index < -0.39 is 0 Å². The van der Waals surface area contributed by atoms with Crippen molar-refractivity contribution in [2.24, 2.45) is 7.05 Å². The zero-order chi connectivity index (χ0) is 13.4. The summed E-state index contributed by atoms with van der Waals surface area (Å²) in [5.41, 5.74) is -0.0321. The highest BCUT2D eigenvalue weighted by Crippen LogP contribution is 2.25. The number of halogens is 1. The van der Waals surface area contributed by atoms with Crippen LogP contribution >= 0.6 is 15.9 Å². The van der Waals surface area contributed by atoms with Crippen LogP contribution in [0, 0.1) is 0 Å². The molecule has 19 heavy (non-hydrogen) atoms. The summed E-state index contributed by atoms with van der Waals surface area (Å²) in [4.78, 5) is 18.1. The number of nitrogens with zero attached hydrogens (tertiary/aromatic N) is 5. The largest absolute Gasteiger partial charge is 0.354 e. The fourth-order valence-electron chi connectivity index (χ4n) is 2.31. The molecule has 0 spiro atoms. The van der Waals surface area contributed by atoms with E-state index in [0.717, 1.165) is 29.8 Å². The van der Waals surface area contributed by atoms with Crippen LogP contribution in [0.4, 0.5) is 5.82 Å². The molecule has 3 rings (SSSR count). The lowest BCUT2D eigenvalue weighted by molar-refractivity contribution is 0.494. The van der Waals surface area contributed by atoms with E-state index in [1.807, 2.05) is 10.9 Å². The van der Waals surface area contributed by atoms with Gasteiger partial charge in [0.1, 0.15) is 5.82 Å². The quantitative estimate of drug-likeness (QED) is 0.833. The van der Waals surface area contributed by atoms with Crippen molar-refractivity contribution in [3.8, 4) is 0 Å². The number of hydrogen-bond acceptors (Lipinski definition) is 4. The van der Waals surface area contributed by atoms with Crippen molar-refractivity contribution in [3.63, 3.8) is 0 Å². The first kappa shape index (κ1) is 12.4. The minimum Gasteiger partial charge on any atom is -0.354 e. The average molecular weight is 324 g/mol. The van der Waals surface area contributed by atoms with Gasteiger partial charge in [-0.05, 0) is 22.4 Å². The molecule has 0 radical (unpaired) electrons. The SMILES string of the molecule is Cn1cnc(N2CCC(n3cc(Br)cn3)C2)cc1=O. The third-order valence-electron chi connectivity index (χ3n) is 3.39. The predicted molar refractivity (Wildman–Crippen MR) is 75.3 cm³/mol. The molecule has 7 heteroatoms. The Kier molecular flexibility index (Phi) is 3.14. The second kappa shape index (κ2) is 4.80. The zero-order valence-electron chi connectivity index (χ0n) is 10.5. The van der Waals surface area contributed by atoms with E-state index in [9.17, 15) is 4.79 Å². The van der Waals surface area contributed by atoms with Gasteiger partial charge in [-0.1, -0.05) is 0 Å². The number of aryl methyl sites for hydroxylation is 1. The Labute approximate surface area is 118 Å². The highest BCUT2D eigenvalue weighted by atomic mass is 79.9. The van der Waals surface area contributed by atoms with Gasteiger partial charge in [-0.15, -0.1) is 0 Å². The summed E-state index contributed by atoms with van der Waals surface area (Å²) in [6.45, 7) is 1.72. The normalized spacial score (nSPS) is 19.1. The van der Waals surface area contributed by atoms with Crippen LogP contribution in [0.2, 0.25) is 0 Å². The first-order chi connectivity index (χ1) is 9.13. The summed E-state index contributed by atoms with van der Waals surface area (Å²) in [5.74, 6) is 0.747. The van der Waals surface area contributed by atoms with Crippen molar-refractivity contribution < 1.29 is 0 Å². The topological polar surface area (TPSA) is 56.0 Å². The van der Waals surface area contributed by atoms with E-state index >= 15 is 0 Å². The lowest BCUT2D eigenvalue weighted by atomic mass is 10.3. The van der Waals surface area contributed by atoms with Crippen molar-refractivity contribution >= 4 is 21.7 Å². The fraction of sp³-hybridized carbons (Fsp3) is 0.417. The fourth-order valence-corrected chi connectivity index (χ4v) is 2.61. The first-order valence-corrected chi connectivity index (χ1v) is 6.90. The number of aromatic nitrogens is 4. The van der Waals surface area contributed by atoms with Gasteiger partial charge in [0.15, 0.2) is 0 Å². The second-order valence-electron chi connectivity index (χ2n) is 4.72. The van der Waals surface area contributed by atoms with Gasteiger partial charge in [0.25, 0.3) is 5.56 Å². The molecule has 0 bridgehead atoms. The molecule has 1 atom stereocenters. The number of hydrogen-bond donors (Lipinski definition) is 0.